The van der Waals surface area contributed by atoms with Gasteiger partial charge in [-0.15, -0.1) is 0 Å². The van der Waals surface area contributed by atoms with Crippen LogP contribution >= 0.6 is 0 Å². The zero-order valence-electron chi connectivity index (χ0n) is 9.05. The van der Waals surface area contributed by atoms with Crippen molar-refractivity contribution in [3.05, 3.63) is 59.7 Å². The van der Waals surface area contributed by atoms with Crippen molar-refractivity contribution in [3.63, 3.8) is 0 Å². The fourth-order valence-corrected chi connectivity index (χ4v) is 1.55. The molecular weight excluding hydrogens is 216 g/mol. The van der Waals surface area contributed by atoms with Crippen LogP contribution in [0.4, 0.5) is 0 Å². The third kappa shape index (κ3) is 2.45. The Bertz CT molecular complexity index is 536. The topological polar surface area (TPSA) is 51.2 Å². The van der Waals surface area contributed by atoms with Crippen LogP contribution in [0.1, 0.15) is 16.8 Å². The Labute approximate surface area is 98.5 Å². The van der Waals surface area contributed by atoms with Crippen molar-refractivity contribution < 1.29 is 14.4 Å². The standard InChI is InChI=1S/C14H10O3/c15-12-8-6-11(7-9-12)14(17)13(16)10-4-2-1-3-5-10/h1-8H,9H2. The van der Waals surface area contributed by atoms with Crippen LogP contribution in [0, 0.1) is 0 Å². The van der Waals surface area contributed by atoms with Crippen molar-refractivity contribution in [1.29, 1.82) is 0 Å². The highest BCUT2D eigenvalue weighted by molar-refractivity contribution is 6.49. The molecule has 0 radical (unpaired) electrons. The third-order valence-corrected chi connectivity index (χ3v) is 2.48. The van der Waals surface area contributed by atoms with Crippen molar-refractivity contribution in [1.82, 2.24) is 0 Å². The predicted octanol–water partition coefficient (Wildman–Crippen LogP) is 1.89. The van der Waals surface area contributed by atoms with Crippen LogP contribution in [0.3, 0.4) is 0 Å². The Morgan fingerprint density at radius 2 is 1.65 bits per heavy atom. The number of carbonyl (C=O) groups is 3. The molecule has 0 heterocycles. The summed E-state index contributed by atoms with van der Waals surface area (Å²) in [5.41, 5.74) is 0.655. The number of hydrogen-bond acceptors (Lipinski definition) is 3. The molecule has 0 spiro atoms. The first-order valence-electron chi connectivity index (χ1n) is 5.23. The number of hydrogen-bond donors (Lipinski definition) is 0. The van der Waals surface area contributed by atoms with Gasteiger partial charge in [-0.25, -0.2) is 0 Å². The van der Waals surface area contributed by atoms with Crippen molar-refractivity contribution in [2.24, 2.45) is 0 Å². The van der Waals surface area contributed by atoms with Crippen molar-refractivity contribution in [3.8, 4) is 0 Å². The van der Waals surface area contributed by atoms with Gasteiger partial charge < -0.3 is 0 Å². The second-order valence-corrected chi connectivity index (χ2v) is 3.69. The first-order chi connectivity index (χ1) is 8.18. The molecule has 0 N–H and O–H groups in total. The number of allylic oxidation sites excluding steroid dienone is 4. The molecule has 3 nitrogen and oxygen atoms in total. The van der Waals surface area contributed by atoms with E-state index in [-0.39, 0.29) is 12.2 Å². The maximum absolute atomic E-state index is 11.8. The van der Waals surface area contributed by atoms with Gasteiger partial charge in [0.1, 0.15) is 0 Å². The van der Waals surface area contributed by atoms with E-state index in [4.69, 9.17) is 0 Å². The molecule has 0 amide bonds. The largest absolute Gasteiger partial charge is 0.295 e. The van der Waals surface area contributed by atoms with Gasteiger partial charge in [0.25, 0.3) is 0 Å². The zero-order valence-corrected chi connectivity index (χ0v) is 9.05. The first kappa shape index (κ1) is 11.2. The number of Topliss-reactive ketones (excluding diaryl/α,β-unsaturated/α-hetero) is 2. The van der Waals surface area contributed by atoms with Crippen molar-refractivity contribution >= 4 is 17.3 Å². The van der Waals surface area contributed by atoms with E-state index in [1.54, 1.807) is 30.3 Å². The average molecular weight is 226 g/mol. The van der Waals surface area contributed by atoms with E-state index in [2.05, 4.69) is 0 Å². The fraction of sp³-hybridized carbons (Fsp3) is 0.0714. The summed E-state index contributed by atoms with van der Waals surface area (Å²) in [5.74, 6) is -1.18. The summed E-state index contributed by atoms with van der Waals surface area (Å²) in [6, 6.07) is 8.38. The smallest absolute Gasteiger partial charge is 0.233 e. The molecule has 0 bridgehead atoms. The Kier molecular flexibility index (Phi) is 3.10. The minimum Gasteiger partial charge on any atom is -0.295 e. The zero-order chi connectivity index (χ0) is 12.3. The van der Waals surface area contributed by atoms with E-state index in [1.165, 1.54) is 18.2 Å². The van der Waals surface area contributed by atoms with E-state index in [0.717, 1.165) is 0 Å². The maximum Gasteiger partial charge on any atom is 0.233 e. The van der Waals surface area contributed by atoms with Gasteiger partial charge in [-0.3, -0.25) is 14.4 Å². The predicted molar refractivity (Wildman–Crippen MR) is 62.6 cm³/mol. The van der Waals surface area contributed by atoms with Crippen molar-refractivity contribution in [2.45, 2.75) is 6.42 Å². The molecule has 0 saturated carbocycles. The summed E-state index contributed by atoms with van der Waals surface area (Å²) >= 11 is 0. The lowest BCUT2D eigenvalue weighted by molar-refractivity contribution is -0.113. The normalized spacial score (nSPS) is 14.4. The minimum absolute atomic E-state index is 0.0614. The molecular formula is C14H10O3. The summed E-state index contributed by atoms with van der Waals surface area (Å²) in [6.07, 6.45) is 4.39. The van der Waals surface area contributed by atoms with Crippen LogP contribution in [0.15, 0.2) is 54.1 Å². The van der Waals surface area contributed by atoms with E-state index < -0.39 is 11.6 Å². The highest BCUT2D eigenvalue weighted by Crippen LogP contribution is 2.12. The minimum atomic E-state index is -0.569. The summed E-state index contributed by atoms with van der Waals surface area (Å²) in [4.78, 5) is 34.6. The van der Waals surface area contributed by atoms with Gasteiger partial charge in [0.15, 0.2) is 5.78 Å². The van der Waals surface area contributed by atoms with Crippen LogP contribution < -0.4 is 0 Å². The molecule has 0 unspecified atom stereocenters. The van der Waals surface area contributed by atoms with Gasteiger partial charge in [0.05, 0.1) is 0 Å². The van der Waals surface area contributed by atoms with Crippen LogP contribution in [-0.2, 0) is 9.59 Å². The highest BCUT2D eigenvalue weighted by atomic mass is 16.2. The van der Waals surface area contributed by atoms with Crippen LogP contribution in [0.25, 0.3) is 0 Å². The SMILES string of the molecule is O=C1C=CC(C(=O)C(=O)c2ccccc2)=CC1. The van der Waals surface area contributed by atoms with E-state index in [0.29, 0.717) is 11.1 Å². The molecule has 1 aliphatic carbocycles. The molecule has 0 fully saturated rings. The number of carbonyl (C=O) groups excluding carboxylic acids is 3. The fourth-order valence-electron chi connectivity index (χ4n) is 1.55. The summed E-state index contributed by atoms with van der Waals surface area (Å²) in [7, 11) is 0. The van der Waals surface area contributed by atoms with Gasteiger partial charge in [-0.05, 0) is 12.2 Å². The molecule has 0 aliphatic heterocycles. The molecule has 17 heavy (non-hydrogen) atoms. The van der Waals surface area contributed by atoms with Gasteiger partial charge in [-0.2, -0.15) is 0 Å². The lowest BCUT2D eigenvalue weighted by Gasteiger charge is -2.04. The van der Waals surface area contributed by atoms with Crippen LogP contribution in [0.2, 0.25) is 0 Å². The molecule has 0 aromatic heterocycles. The van der Waals surface area contributed by atoms with Crippen LogP contribution in [0.5, 0.6) is 0 Å². The van der Waals surface area contributed by atoms with E-state index in [1.807, 2.05) is 0 Å². The number of benzene rings is 1. The molecule has 1 aliphatic rings. The second kappa shape index (κ2) is 4.70. The van der Waals surface area contributed by atoms with Gasteiger partial charge in [0, 0.05) is 17.6 Å². The van der Waals surface area contributed by atoms with E-state index in [9.17, 15) is 14.4 Å². The Balaban J connectivity index is 2.20. The number of ketones is 3. The lowest BCUT2D eigenvalue weighted by atomic mass is 9.97. The summed E-state index contributed by atoms with van der Waals surface area (Å²) < 4.78 is 0. The molecule has 84 valence electrons. The summed E-state index contributed by atoms with van der Waals surface area (Å²) in [6.45, 7) is 0. The van der Waals surface area contributed by atoms with Gasteiger partial charge >= 0.3 is 0 Å². The molecule has 1 aromatic rings. The lowest BCUT2D eigenvalue weighted by Crippen LogP contribution is -2.17. The molecule has 3 heteroatoms. The molecule has 1 aromatic carbocycles. The monoisotopic (exact) mass is 226 g/mol. The number of rotatable bonds is 3. The quantitative estimate of drug-likeness (QED) is 0.584. The average Bonchev–Trinajstić information content (AvgIpc) is 2.39. The van der Waals surface area contributed by atoms with Gasteiger partial charge in [-0.1, -0.05) is 36.4 Å². The van der Waals surface area contributed by atoms with E-state index >= 15 is 0 Å². The second-order valence-electron chi connectivity index (χ2n) is 3.69. The van der Waals surface area contributed by atoms with Gasteiger partial charge in [0.2, 0.25) is 11.6 Å². The van der Waals surface area contributed by atoms with Crippen molar-refractivity contribution in [2.75, 3.05) is 0 Å². The van der Waals surface area contributed by atoms with Crippen LogP contribution in [-0.4, -0.2) is 17.3 Å². The Morgan fingerprint density at radius 3 is 2.24 bits per heavy atom. The molecule has 0 atom stereocenters. The third-order valence-electron chi connectivity index (χ3n) is 2.48. The first-order valence-corrected chi connectivity index (χ1v) is 5.23. The molecule has 2 rings (SSSR count). The maximum atomic E-state index is 11.8. The Morgan fingerprint density at radius 1 is 0.941 bits per heavy atom. The highest BCUT2D eigenvalue weighted by Gasteiger charge is 2.20. The summed E-state index contributed by atoms with van der Waals surface area (Å²) in [5, 5.41) is 0. The molecule has 0 saturated heterocycles. The Hall–Kier alpha value is -2.29.